The van der Waals surface area contributed by atoms with Gasteiger partial charge in [0.05, 0.1) is 6.04 Å². The predicted octanol–water partition coefficient (Wildman–Crippen LogP) is 0.632. The number of aromatic hydroxyl groups is 1. The number of rotatable bonds is 16. The number of carboxylic acids is 1. The van der Waals surface area contributed by atoms with Gasteiger partial charge in [-0.15, -0.1) is 0 Å². The van der Waals surface area contributed by atoms with Crippen molar-refractivity contribution < 1.29 is 29.4 Å². The zero-order valence-electron chi connectivity index (χ0n) is 22.2. The lowest BCUT2D eigenvalue weighted by Gasteiger charge is -2.27. The first-order valence-corrected chi connectivity index (χ1v) is 12.7. The van der Waals surface area contributed by atoms with Crippen LogP contribution in [0.3, 0.4) is 0 Å². The molecular weight excluding hydrogens is 478 g/mol. The van der Waals surface area contributed by atoms with Crippen LogP contribution in [0.5, 0.6) is 5.75 Å². The fourth-order valence-electron chi connectivity index (χ4n) is 3.74. The number of nitrogens with one attached hydrogen (secondary N) is 3. The van der Waals surface area contributed by atoms with E-state index in [0.29, 0.717) is 24.9 Å². The van der Waals surface area contributed by atoms with Gasteiger partial charge in [0.2, 0.25) is 17.7 Å². The number of nitrogens with two attached hydrogens (primary N) is 2. The molecular formula is C26H43N5O6. The molecule has 0 aromatic heterocycles. The number of aliphatic carboxylic acids is 1. The molecule has 0 spiro atoms. The Labute approximate surface area is 218 Å². The SMILES string of the molecule is CC(C)CC(NC(=O)C(NC(=O)C(Cc1ccc(O)cc1)NC(=O)C(N)CCCCN)C(C)C)C(=O)O. The van der Waals surface area contributed by atoms with Gasteiger partial charge in [0.1, 0.15) is 23.9 Å². The van der Waals surface area contributed by atoms with Crippen LogP contribution in [0.1, 0.15) is 58.9 Å². The van der Waals surface area contributed by atoms with Gasteiger partial charge >= 0.3 is 5.97 Å². The fraction of sp³-hybridized carbons (Fsp3) is 0.615. The normalized spacial score (nSPS) is 14.5. The molecule has 1 rings (SSSR count). The molecule has 11 nitrogen and oxygen atoms in total. The zero-order valence-corrected chi connectivity index (χ0v) is 22.2. The number of carboxylic acid groups (broad SMARTS) is 1. The second-order valence-electron chi connectivity index (χ2n) is 10.1. The molecule has 208 valence electrons. The van der Waals surface area contributed by atoms with Gasteiger partial charge in [-0.2, -0.15) is 0 Å². The summed E-state index contributed by atoms with van der Waals surface area (Å²) < 4.78 is 0. The van der Waals surface area contributed by atoms with Crippen LogP contribution in [-0.2, 0) is 25.6 Å². The minimum atomic E-state index is -1.16. The molecule has 0 bridgehead atoms. The average Bonchev–Trinajstić information content (AvgIpc) is 2.82. The van der Waals surface area contributed by atoms with Gasteiger partial charge < -0.3 is 37.6 Å². The second kappa shape index (κ2) is 15.8. The Morgan fingerprint density at radius 2 is 1.46 bits per heavy atom. The first kappa shape index (κ1) is 31.8. The van der Waals surface area contributed by atoms with E-state index in [1.807, 2.05) is 13.8 Å². The van der Waals surface area contributed by atoms with Crippen molar-refractivity contribution >= 4 is 23.7 Å². The number of phenols is 1. The van der Waals surface area contributed by atoms with E-state index in [-0.39, 0.29) is 30.4 Å². The van der Waals surface area contributed by atoms with Crippen LogP contribution in [0.4, 0.5) is 0 Å². The lowest BCUT2D eigenvalue weighted by atomic mass is 9.99. The molecule has 0 radical (unpaired) electrons. The maximum atomic E-state index is 13.3. The number of carbonyl (C=O) groups excluding carboxylic acids is 3. The molecule has 0 saturated carbocycles. The predicted molar refractivity (Wildman–Crippen MR) is 140 cm³/mol. The molecule has 3 amide bonds. The fourth-order valence-corrected chi connectivity index (χ4v) is 3.74. The summed E-state index contributed by atoms with van der Waals surface area (Å²) in [6.07, 6.45) is 2.11. The Kier molecular flexibility index (Phi) is 13.6. The van der Waals surface area contributed by atoms with Crippen molar-refractivity contribution in [3.8, 4) is 5.75 Å². The Morgan fingerprint density at radius 1 is 0.865 bits per heavy atom. The summed E-state index contributed by atoms with van der Waals surface area (Å²) in [7, 11) is 0. The molecule has 0 aliphatic heterocycles. The smallest absolute Gasteiger partial charge is 0.326 e. The van der Waals surface area contributed by atoms with Crippen molar-refractivity contribution in [1.82, 2.24) is 16.0 Å². The number of amides is 3. The number of carbonyl (C=O) groups is 4. The lowest BCUT2D eigenvalue weighted by molar-refractivity contribution is -0.143. The Morgan fingerprint density at radius 3 is 1.97 bits per heavy atom. The van der Waals surface area contributed by atoms with Crippen molar-refractivity contribution in [2.45, 2.75) is 84.0 Å². The third-order valence-electron chi connectivity index (χ3n) is 5.88. The van der Waals surface area contributed by atoms with E-state index in [1.54, 1.807) is 26.0 Å². The van der Waals surface area contributed by atoms with E-state index in [9.17, 15) is 29.4 Å². The van der Waals surface area contributed by atoms with Crippen LogP contribution >= 0.6 is 0 Å². The highest BCUT2D eigenvalue weighted by Gasteiger charge is 2.32. The summed E-state index contributed by atoms with van der Waals surface area (Å²) in [5.74, 6) is -3.17. The minimum absolute atomic E-state index is 0.0347. The van der Waals surface area contributed by atoms with E-state index in [2.05, 4.69) is 16.0 Å². The monoisotopic (exact) mass is 521 g/mol. The van der Waals surface area contributed by atoms with Gasteiger partial charge in [0, 0.05) is 6.42 Å². The third kappa shape index (κ3) is 11.6. The Hall–Kier alpha value is -3.18. The summed E-state index contributed by atoms with van der Waals surface area (Å²) in [6.45, 7) is 7.63. The van der Waals surface area contributed by atoms with Gasteiger partial charge in [-0.25, -0.2) is 4.79 Å². The van der Waals surface area contributed by atoms with Gasteiger partial charge in [-0.1, -0.05) is 46.2 Å². The Bertz CT molecular complexity index is 890. The average molecular weight is 522 g/mol. The number of phenolic OH excluding ortho intramolecular Hbond substituents is 1. The molecule has 4 atom stereocenters. The zero-order chi connectivity index (χ0) is 28.1. The van der Waals surface area contributed by atoms with E-state index >= 15 is 0 Å². The van der Waals surface area contributed by atoms with Crippen molar-refractivity contribution in [3.63, 3.8) is 0 Å². The number of hydrogen-bond acceptors (Lipinski definition) is 7. The van der Waals surface area contributed by atoms with E-state index in [0.717, 1.165) is 6.42 Å². The van der Waals surface area contributed by atoms with E-state index in [4.69, 9.17) is 11.5 Å². The number of benzene rings is 1. The molecule has 0 heterocycles. The summed E-state index contributed by atoms with van der Waals surface area (Å²) >= 11 is 0. The maximum Gasteiger partial charge on any atom is 0.326 e. The first-order valence-electron chi connectivity index (χ1n) is 12.7. The molecule has 0 aliphatic rings. The second-order valence-corrected chi connectivity index (χ2v) is 10.1. The maximum absolute atomic E-state index is 13.3. The van der Waals surface area contributed by atoms with Gasteiger partial charge in [0.15, 0.2) is 0 Å². The topological polar surface area (TPSA) is 197 Å². The highest BCUT2D eigenvalue weighted by Crippen LogP contribution is 2.13. The first-order chi connectivity index (χ1) is 17.3. The molecule has 0 saturated heterocycles. The number of hydrogen-bond donors (Lipinski definition) is 7. The van der Waals surface area contributed by atoms with E-state index in [1.165, 1.54) is 12.1 Å². The molecule has 0 fully saturated rings. The molecule has 9 N–H and O–H groups in total. The van der Waals surface area contributed by atoms with Gasteiger partial charge in [-0.05, 0) is 55.3 Å². The van der Waals surface area contributed by atoms with Gasteiger partial charge in [-0.3, -0.25) is 14.4 Å². The van der Waals surface area contributed by atoms with Crippen molar-refractivity contribution in [2.75, 3.05) is 6.54 Å². The lowest BCUT2D eigenvalue weighted by Crippen LogP contribution is -2.59. The molecule has 11 heteroatoms. The quantitative estimate of drug-likeness (QED) is 0.154. The molecule has 1 aromatic rings. The van der Waals surface area contributed by atoms with Crippen LogP contribution < -0.4 is 27.4 Å². The standard InChI is InChI=1S/C26H43N5O6/c1-15(2)13-21(26(36)37)30-25(35)22(16(3)4)31-24(34)20(14-17-8-10-18(32)11-9-17)29-23(33)19(28)7-5-6-12-27/h8-11,15-16,19-22,32H,5-7,12-14,27-28H2,1-4H3,(H,29,33)(H,30,35)(H,31,34)(H,36,37). The summed E-state index contributed by atoms with van der Waals surface area (Å²) in [5, 5.41) is 26.9. The summed E-state index contributed by atoms with van der Waals surface area (Å²) in [5.41, 5.74) is 12.2. The van der Waals surface area contributed by atoms with Crippen LogP contribution in [0.25, 0.3) is 0 Å². The summed E-state index contributed by atoms with van der Waals surface area (Å²) in [4.78, 5) is 50.7. The molecule has 37 heavy (non-hydrogen) atoms. The van der Waals surface area contributed by atoms with Crippen LogP contribution in [0.2, 0.25) is 0 Å². The van der Waals surface area contributed by atoms with Gasteiger partial charge in [0.25, 0.3) is 0 Å². The summed E-state index contributed by atoms with van der Waals surface area (Å²) in [6, 6.07) is 2.17. The number of unbranched alkanes of at least 4 members (excludes halogenated alkanes) is 1. The highest BCUT2D eigenvalue weighted by atomic mass is 16.4. The third-order valence-corrected chi connectivity index (χ3v) is 5.88. The Balaban J connectivity index is 3.06. The van der Waals surface area contributed by atoms with Crippen LogP contribution in [0, 0.1) is 11.8 Å². The van der Waals surface area contributed by atoms with Crippen LogP contribution in [-0.4, -0.2) is 64.6 Å². The molecule has 1 aromatic carbocycles. The largest absolute Gasteiger partial charge is 0.508 e. The molecule has 4 unspecified atom stereocenters. The highest BCUT2D eigenvalue weighted by molar-refractivity contribution is 5.94. The van der Waals surface area contributed by atoms with Crippen molar-refractivity contribution in [3.05, 3.63) is 29.8 Å². The van der Waals surface area contributed by atoms with Crippen LogP contribution in [0.15, 0.2) is 24.3 Å². The minimum Gasteiger partial charge on any atom is -0.508 e. The molecule has 0 aliphatic carbocycles. The van der Waals surface area contributed by atoms with Crippen molar-refractivity contribution in [1.29, 1.82) is 0 Å². The van der Waals surface area contributed by atoms with E-state index < -0.39 is 47.9 Å². The van der Waals surface area contributed by atoms with Crippen molar-refractivity contribution in [2.24, 2.45) is 23.3 Å².